The Morgan fingerprint density at radius 2 is 1.60 bits per heavy atom. The van der Waals surface area contributed by atoms with Gasteiger partial charge < -0.3 is 53.6 Å². The van der Waals surface area contributed by atoms with E-state index >= 15 is 0 Å². The van der Waals surface area contributed by atoms with Crippen molar-refractivity contribution in [3.8, 4) is 11.5 Å². The Morgan fingerprint density at radius 1 is 0.892 bits per heavy atom. The van der Waals surface area contributed by atoms with Crippen LogP contribution in [0.25, 0.3) is 21.8 Å². The molecular formula is C49H56N2O14. The highest BCUT2D eigenvalue weighted by Gasteiger charge is 2.77. The first-order valence-electron chi connectivity index (χ1n) is 21.9. The van der Waals surface area contributed by atoms with Crippen LogP contribution in [0.15, 0.2) is 71.3 Å². The molecule has 65 heavy (non-hydrogen) atoms. The van der Waals surface area contributed by atoms with Gasteiger partial charge in [-0.05, 0) is 118 Å². The zero-order valence-electron chi connectivity index (χ0n) is 37.1. The second kappa shape index (κ2) is 18.6. The fraction of sp³-hybridized carbons (Fsp3) is 0.531. The molecule has 4 aliphatic carbocycles. The number of allylic oxidation sites excluding steroid dienone is 1. The maximum atomic E-state index is 12.9. The first-order valence-corrected chi connectivity index (χ1v) is 21.9. The maximum absolute atomic E-state index is 12.9. The van der Waals surface area contributed by atoms with Crippen molar-refractivity contribution in [2.24, 2.45) is 23.7 Å². The van der Waals surface area contributed by atoms with Crippen molar-refractivity contribution in [3.05, 3.63) is 116 Å². The van der Waals surface area contributed by atoms with E-state index in [1.165, 1.54) is 19.6 Å². The number of benzene rings is 2. The monoisotopic (exact) mass is 896 g/mol. The molecule has 3 unspecified atom stereocenters. The molecule has 0 radical (unpaired) electrons. The first-order chi connectivity index (χ1) is 31.2. The van der Waals surface area contributed by atoms with Crippen LogP contribution in [0.1, 0.15) is 75.1 Å². The van der Waals surface area contributed by atoms with E-state index in [0.717, 1.165) is 25.7 Å². The van der Waals surface area contributed by atoms with E-state index in [1.807, 2.05) is 38.1 Å². The van der Waals surface area contributed by atoms with Gasteiger partial charge >= 0.3 is 5.97 Å². The molecule has 2 aromatic carbocycles. The molecule has 4 saturated carbocycles. The lowest BCUT2D eigenvalue weighted by Crippen LogP contribution is -2.76. The molecule has 3 heterocycles. The van der Waals surface area contributed by atoms with Gasteiger partial charge in [-0.3, -0.25) is 0 Å². The fourth-order valence-corrected chi connectivity index (χ4v) is 10.8. The van der Waals surface area contributed by atoms with Crippen LogP contribution in [0.4, 0.5) is 0 Å². The largest absolute Gasteiger partial charge is 0.507 e. The lowest BCUT2D eigenvalue weighted by Gasteiger charge is -2.68. The van der Waals surface area contributed by atoms with Crippen LogP contribution in [-0.4, -0.2) is 102 Å². The number of methoxy groups -OCH3 is 2. The van der Waals surface area contributed by atoms with Gasteiger partial charge in [-0.15, -0.1) is 0 Å². The molecule has 7 aliphatic rings. The highest BCUT2D eigenvalue weighted by molar-refractivity contribution is 5.88. The van der Waals surface area contributed by atoms with Gasteiger partial charge in [0.15, 0.2) is 11.3 Å². The molecule has 6 fully saturated rings. The summed E-state index contributed by atoms with van der Waals surface area (Å²) in [5, 5.41) is 40.5. The molecule has 9 rings (SSSR count). The SMILES string of the molecule is [C-]#[N+]C1=C(/C=C/c2cc(/C=C/C(=O)OCCOC)c(OCc3ccc(O[C@@H]4OC(CO)[C@H](O)[C@H](O)C4O)cc3)cc2C2(OC)OOC23C2CC4CC(C2)CC3C4)C(C)(C)O/C1=C(\C)[N+]#[C-]. The Bertz CT molecular complexity index is 2310. The lowest BCUT2D eigenvalue weighted by molar-refractivity contribution is -0.645. The van der Waals surface area contributed by atoms with Crippen LogP contribution in [0.2, 0.25) is 0 Å². The van der Waals surface area contributed by atoms with Crippen molar-refractivity contribution in [1.82, 2.24) is 0 Å². The summed E-state index contributed by atoms with van der Waals surface area (Å²) in [6.45, 7) is 20.8. The summed E-state index contributed by atoms with van der Waals surface area (Å²) in [6, 6.07) is 10.5. The summed E-state index contributed by atoms with van der Waals surface area (Å²) in [4.78, 5) is 33.0. The van der Waals surface area contributed by atoms with Gasteiger partial charge in [0.25, 0.3) is 5.79 Å². The third-order valence-corrected chi connectivity index (χ3v) is 13.8. The van der Waals surface area contributed by atoms with Crippen LogP contribution >= 0.6 is 0 Å². The van der Waals surface area contributed by atoms with Crippen molar-refractivity contribution < 1.29 is 68.2 Å². The molecule has 6 atom stereocenters. The van der Waals surface area contributed by atoms with Gasteiger partial charge in [-0.2, -0.15) is 4.89 Å². The van der Waals surface area contributed by atoms with E-state index in [9.17, 15) is 25.2 Å². The van der Waals surface area contributed by atoms with Crippen LogP contribution in [-0.2, 0) is 50.6 Å². The Morgan fingerprint density at radius 3 is 2.20 bits per heavy atom. The van der Waals surface area contributed by atoms with Crippen molar-refractivity contribution in [3.63, 3.8) is 0 Å². The summed E-state index contributed by atoms with van der Waals surface area (Å²) in [5.74, 6) is 0.568. The predicted octanol–water partition coefficient (Wildman–Crippen LogP) is 5.75. The van der Waals surface area contributed by atoms with Crippen molar-refractivity contribution in [2.45, 2.75) is 107 Å². The molecule has 346 valence electrons. The average Bonchev–Trinajstić information content (AvgIpc) is 3.56. The van der Waals surface area contributed by atoms with Crippen LogP contribution in [0.5, 0.6) is 11.5 Å². The second-order valence-electron chi connectivity index (χ2n) is 18.1. The van der Waals surface area contributed by atoms with Gasteiger partial charge in [0.2, 0.25) is 12.0 Å². The number of aliphatic hydroxyl groups is 4. The first kappa shape index (κ1) is 46.4. The Labute approximate surface area is 378 Å². The van der Waals surface area contributed by atoms with Crippen molar-refractivity contribution in [2.75, 3.05) is 34.0 Å². The minimum absolute atomic E-state index is 0.0491. The number of ether oxygens (including phenoxy) is 7. The minimum atomic E-state index is -1.59. The highest BCUT2D eigenvalue weighted by atomic mass is 17.3. The Balaban J connectivity index is 1.19. The number of hydrogen-bond donors (Lipinski definition) is 4. The molecule has 16 heteroatoms. The predicted molar refractivity (Wildman–Crippen MR) is 231 cm³/mol. The molecule has 16 nitrogen and oxygen atoms in total. The molecule has 2 saturated heterocycles. The van der Waals surface area contributed by atoms with E-state index in [1.54, 1.807) is 44.4 Å². The number of nitrogens with zero attached hydrogens (tertiary/aromatic N) is 2. The molecular weight excluding hydrogens is 841 g/mol. The molecule has 0 aromatic heterocycles. The molecule has 4 N–H and O–H groups in total. The fourth-order valence-electron chi connectivity index (χ4n) is 10.8. The van der Waals surface area contributed by atoms with Crippen LogP contribution in [0.3, 0.4) is 0 Å². The Kier molecular flexibility index (Phi) is 13.3. The zero-order chi connectivity index (χ0) is 46.3. The highest BCUT2D eigenvalue weighted by Crippen LogP contribution is 2.70. The Hall–Kier alpha value is -5.11. The van der Waals surface area contributed by atoms with E-state index in [4.69, 9.17) is 56.1 Å². The minimum Gasteiger partial charge on any atom is -0.507 e. The summed E-state index contributed by atoms with van der Waals surface area (Å²) < 4.78 is 41.1. The van der Waals surface area contributed by atoms with Gasteiger partial charge in [-0.25, -0.2) is 19.4 Å². The van der Waals surface area contributed by atoms with E-state index in [0.29, 0.717) is 45.4 Å². The quantitative estimate of drug-likeness (QED) is 0.0556. The number of rotatable bonds is 15. The molecule has 0 amide bonds. The number of esters is 1. The zero-order valence-corrected chi connectivity index (χ0v) is 37.1. The lowest BCUT2D eigenvalue weighted by atomic mass is 9.47. The van der Waals surface area contributed by atoms with E-state index < -0.39 is 60.3 Å². The molecule has 1 spiro atoms. The summed E-state index contributed by atoms with van der Waals surface area (Å²) in [7, 11) is 3.14. The van der Waals surface area contributed by atoms with E-state index in [-0.39, 0.29) is 54.6 Å². The van der Waals surface area contributed by atoms with Gasteiger partial charge in [0.1, 0.15) is 60.5 Å². The van der Waals surface area contributed by atoms with Crippen molar-refractivity contribution in [1.29, 1.82) is 0 Å². The third kappa shape index (κ3) is 8.37. The summed E-state index contributed by atoms with van der Waals surface area (Å²) in [6.07, 6.45) is 4.68. The van der Waals surface area contributed by atoms with E-state index in [2.05, 4.69) is 9.69 Å². The van der Waals surface area contributed by atoms with Gasteiger partial charge in [0, 0.05) is 37.0 Å². The number of carbonyl (C=O) groups excluding carboxylic acids is 1. The summed E-state index contributed by atoms with van der Waals surface area (Å²) >= 11 is 0. The number of carbonyl (C=O) groups is 1. The maximum Gasteiger partial charge on any atom is 0.330 e. The van der Waals surface area contributed by atoms with Crippen LogP contribution in [0, 0.1) is 36.8 Å². The molecule has 3 aliphatic heterocycles. The normalized spacial score (nSPS) is 34.0. The topological polar surface area (TPSA) is 190 Å². The number of aliphatic hydroxyl groups excluding tert-OH is 4. The second-order valence-corrected chi connectivity index (χ2v) is 18.1. The van der Waals surface area contributed by atoms with Gasteiger partial charge in [0.05, 0.1) is 26.4 Å². The smallest absolute Gasteiger partial charge is 0.330 e. The third-order valence-electron chi connectivity index (χ3n) is 13.8. The summed E-state index contributed by atoms with van der Waals surface area (Å²) in [5.41, 5.74) is 1.87. The average molecular weight is 897 g/mol. The number of hydrogen-bond acceptors (Lipinski definition) is 14. The molecule has 4 bridgehead atoms. The van der Waals surface area contributed by atoms with Crippen LogP contribution < -0.4 is 9.47 Å². The van der Waals surface area contributed by atoms with Crippen molar-refractivity contribution >= 4 is 18.1 Å². The van der Waals surface area contributed by atoms with Gasteiger partial charge in [-0.1, -0.05) is 24.3 Å². The standard InChI is InChI=1S/C49H56N2O14/c1-27(50-4)45-41(51-5)36(47(2,3)63-45)14-10-31-23-32(11-15-40(53)59-17-16-57-6)38(24-37(31)49(58-7)48(64-65-49)33-19-29-18-30(21-33)22-34(48)20-29)60-26-28-8-12-35(13-9-28)61-46-44(56)43(55)42(54)39(25-52)62-46/h8-15,23-24,29-30,33-34,39,42-44,46,52,54-56H,16-22,25-26H2,1-3,6-7H3/b14-10+,15-11+,45-27+/t29?,30?,33?,34?,39?,42-,43-,44?,46+,48?,49?/m0/s1. The molecule has 2 aromatic rings.